The number of sulfone groups is 1. The average molecular weight is 547 g/mol. The predicted molar refractivity (Wildman–Crippen MR) is 134 cm³/mol. The molecule has 0 radical (unpaired) electrons. The number of pyridine rings is 1. The number of carbonyl (C=O) groups excluding carboxylic acids is 2. The first-order chi connectivity index (χ1) is 17.8. The van der Waals surface area contributed by atoms with Crippen LogP contribution in [0.2, 0.25) is 0 Å². The van der Waals surface area contributed by atoms with Crippen LogP contribution in [-0.2, 0) is 32.9 Å². The number of aryl methyl sites for hydroxylation is 1. The van der Waals surface area contributed by atoms with Crippen LogP contribution in [0.4, 0.5) is 19.0 Å². The average Bonchev–Trinajstić information content (AvgIpc) is 2.86. The van der Waals surface area contributed by atoms with Crippen LogP contribution < -0.4 is 10.1 Å². The van der Waals surface area contributed by atoms with Gasteiger partial charge in [0.05, 0.1) is 28.2 Å². The summed E-state index contributed by atoms with van der Waals surface area (Å²) in [7, 11) is -3.34. The number of ether oxygens (including phenoxy) is 1. The summed E-state index contributed by atoms with van der Waals surface area (Å²) in [6.45, 7) is 3.14. The summed E-state index contributed by atoms with van der Waals surface area (Å²) in [6, 6.07) is 14.6. The highest BCUT2D eigenvalue weighted by atomic mass is 32.2. The van der Waals surface area contributed by atoms with Crippen LogP contribution in [0.5, 0.6) is 5.75 Å². The van der Waals surface area contributed by atoms with Gasteiger partial charge in [-0.2, -0.15) is 0 Å². The van der Waals surface area contributed by atoms with Crippen LogP contribution in [0.15, 0.2) is 65.6 Å². The largest absolute Gasteiger partial charge is 0.573 e. The third kappa shape index (κ3) is 5.72. The van der Waals surface area contributed by atoms with Crippen molar-refractivity contribution in [2.24, 2.45) is 0 Å². The standard InChI is InChI=1S/C27H25F3N2O5S/c1-3-38(35,36)18-10-8-17(9-11-18)16-24(33)32-23-13-12-19-21(31-23)14-15-26(2,25(19)34)20-6-4-5-7-22(20)37-27(28,29)30/h4-13H,3,14-16H2,1-2H3,(H,31,32,33). The fraction of sp³-hybridized carbons (Fsp3) is 0.296. The number of nitrogens with zero attached hydrogens (tertiary/aromatic N) is 1. The number of nitrogens with one attached hydrogen (secondary N) is 1. The van der Waals surface area contributed by atoms with Crippen LogP contribution in [0.25, 0.3) is 0 Å². The highest BCUT2D eigenvalue weighted by Gasteiger charge is 2.44. The van der Waals surface area contributed by atoms with Crippen molar-refractivity contribution in [3.05, 3.63) is 83.0 Å². The Morgan fingerprint density at radius 2 is 1.76 bits per heavy atom. The molecule has 2 aromatic carbocycles. The number of fused-ring (bicyclic) bond motifs is 1. The van der Waals surface area contributed by atoms with E-state index in [1.807, 2.05) is 0 Å². The maximum Gasteiger partial charge on any atom is 0.573 e. The van der Waals surface area contributed by atoms with E-state index < -0.39 is 27.4 Å². The molecule has 1 unspecified atom stereocenters. The van der Waals surface area contributed by atoms with E-state index in [1.165, 1.54) is 42.5 Å². The Morgan fingerprint density at radius 1 is 1.08 bits per heavy atom. The molecule has 0 aliphatic heterocycles. The smallest absolute Gasteiger partial charge is 0.405 e. The lowest BCUT2D eigenvalue weighted by Gasteiger charge is -2.34. The molecule has 38 heavy (non-hydrogen) atoms. The molecule has 0 spiro atoms. The first kappa shape index (κ1) is 27.3. The van der Waals surface area contributed by atoms with Gasteiger partial charge in [-0.3, -0.25) is 9.59 Å². The molecule has 1 atom stereocenters. The molecule has 0 bridgehead atoms. The number of hydrogen-bond donors (Lipinski definition) is 1. The zero-order chi connectivity index (χ0) is 27.7. The van der Waals surface area contributed by atoms with Crippen molar-refractivity contribution < 1.29 is 35.9 Å². The van der Waals surface area contributed by atoms with E-state index in [1.54, 1.807) is 32.0 Å². The number of amides is 1. The van der Waals surface area contributed by atoms with Crippen LogP contribution in [0.3, 0.4) is 0 Å². The topological polar surface area (TPSA) is 102 Å². The van der Waals surface area contributed by atoms with E-state index in [2.05, 4.69) is 15.0 Å². The Morgan fingerprint density at radius 3 is 2.42 bits per heavy atom. The van der Waals surface area contributed by atoms with Gasteiger partial charge in [0.2, 0.25) is 5.91 Å². The normalized spacial score (nSPS) is 17.6. The zero-order valence-electron chi connectivity index (χ0n) is 20.6. The SMILES string of the molecule is CCS(=O)(=O)c1ccc(CC(=O)Nc2ccc3c(n2)CCC(C)(c2ccccc2OC(F)(F)F)C3=O)cc1. The van der Waals surface area contributed by atoms with Crippen molar-refractivity contribution in [3.8, 4) is 5.75 Å². The number of ketones is 1. The molecular weight excluding hydrogens is 521 g/mol. The van der Waals surface area contributed by atoms with E-state index in [4.69, 9.17) is 0 Å². The second-order valence-electron chi connectivity index (χ2n) is 9.17. The van der Waals surface area contributed by atoms with Gasteiger partial charge in [0, 0.05) is 11.1 Å². The van der Waals surface area contributed by atoms with Crippen LogP contribution in [0, 0.1) is 0 Å². The van der Waals surface area contributed by atoms with Gasteiger partial charge in [0.1, 0.15) is 11.6 Å². The first-order valence-electron chi connectivity index (χ1n) is 11.8. The van der Waals surface area contributed by atoms with Crippen LogP contribution in [-0.4, -0.2) is 37.2 Å². The summed E-state index contributed by atoms with van der Waals surface area (Å²) in [5, 5.41) is 2.67. The van der Waals surface area contributed by atoms with Crippen molar-refractivity contribution in [1.29, 1.82) is 0 Å². The molecule has 0 saturated heterocycles. The molecule has 1 amide bonds. The number of halogens is 3. The van der Waals surface area contributed by atoms with Gasteiger partial charge in [-0.25, -0.2) is 13.4 Å². The number of carbonyl (C=O) groups is 2. The number of para-hydroxylation sites is 1. The Hall–Kier alpha value is -3.73. The summed E-state index contributed by atoms with van der Waals surface area (Å²) in [6.07, 6.45) is -4.41. The minimum atomic E-state index is -4.90. The van der Waals surface area contributed by atoms with Gasteiger partial charge in [0.25, 0.3) is 0 Å². The number of alkyl halides is 3. The number of hydrogen-bond acceptors (Lipinski definition) is 6. The van der Waals surface area contributed by atoms with Gasteiger partial charge < -0.3 is 10.1 Å². The molecule has 11 heteroatoms. The first-order valence-corrected chi connectivity index (χ1v) is 13.5. The van der Waals surface area contributed by atoms with Gasteiger partial charge in [-0.15, -0.1) is 13.2 Å². The molecule has 7 nitrogen and oxygen atoms in total. The van der Waals surface area contributed by atoms with E-state index in [0.717, 1.165) is 0 Å². The molecule has 0 fully saturated rings. The summed E-state index contributed by atoms with van der Waals surface area (Å²) in [4.78, 5) is 30.6. The number of Topliss-reactive ketones (excluding diaryl/α,β-unsaturated/α-hetero) is 1. The quantitative estimate of drug-likeness (QED) is 0.446. The van der Waals surface area contributed by atoms with Crippen molar-refractivity contribution in [2.45, 2.75) is 49.8 Å². The lowest BCUT2D eigenvalue weighted by atomic mass is 9.68. The number of benzene rings is 2. The Balaban J connectivity index is 1.49. The fourth-order valence-corrected chi connectivity index (χ4v) is 5.38. The third-order valence-corrected chi connectivity index (χ3v) is 8.33. The minimum Gasteiger partial charge on any atom is -0.405 e. The zero-order valence-corrected chi connectivity index (χ0v) is 21.4. The highest BCUT2D eigenvalue weighted by Crippen LogP contribution is 2.43. The maximum atomic E-state index is 13.4. The van der Waals surface area contributed by atoms with Gasteiger partial charge >= 0.3 is 6.36 Å². The number of anilines is 1. The van der Waals surface area contributed by atoms with Gasteiger partial charge in [-0.05, 0) is 55.7 Å². The van der Waals surface area contributed by atoms with E-state index in [0.29, 0.717) is 17.7 Å². The minimum absolute atomic E-state index is 0.0157. The maximum absolute atomic E-state index is 13.4. The van der Waals surface area contributed by atoms with E-state index in [-0.39, 0.29) is 52.1 Å². The molecule has 4 rings (SSSR count). The molecule has 0 saturated carbocycles. The molecule has 1 aromatic heterocycles. The molecule has 1 heterocycles. The summed E-state index contributed by atoms with van der Waals surface area (Å²) >= 11 is 0. The van der Waals surface area contributed by atoms with Crippen molar-refractivity contribution in [3.63, 3.8) is 0 Å². The van der Waals surface area contributed by atoms with Crippen LogP contribution >= 0.6 is 0 Å². The molecular formula is C27H25F3N2O5S. The fourth-order valence-electron chi connectivity index (χ4n) is 4.49. The second kappa shape index (κ2) is 10.2. The van der Waals surface area contributed by atoms with Gasteiger partial charge in [0.15, 0.2) is 15.6 Å². The summed E-state index contributed by atoms with van der Waals surface area (Å²) < 4.78 is 66.9. The summed E-state index contributed by atoms with van der Waals surface area (Å²) in [5.74, 6) is -0.974. The second-order valence-corrected chi connectivity index (χ2v) is 11.4. The Labute approximate surface area is 218 Å². The molecule has 1 aliphatic carbocycles. The lowest BCUT2D eigenvalue weighted by molar-refractivity contribution is -0.275. The third-order valence-electron chi connectivity index (χ3n) is 6.58. The van der Waals surface area contributed by atoms with Crippen molar-refractivity contribution in [1.82, 2.24) is 4.98 Å². The van der Waals surface area contributed by atoms with Gasteiger partial charge in [-0.1, -0.05) is 37.3 Å². The molecule has 1 N–H and O–H groups in total. The van der Waals surface area contributed by atoms with E-state index in [9.17, 15) is 31.2 Å². The van der Waals surface area contributed by atoms with Crippen LogP contribution in [0.1, 0.15) is 47.4 Å². The van der Waals surface area contributed by atoms with Crippen molar-refractivity contribution in [2.75, 3.05) is 11.1 Å². The lowest BCUT2D eigenvalue weighted by Crippen LogP contribution is -2.38. The number of rotatable bonds is 7. The molecule has 3 aromatic rings. The Bertz CT molecular complexity index is 1490. The van der Waals surface area contributed by atoms with E-state index >= 15 is 0 Å². The summed E-state index contributed by atoms with van der Waals surface area (Å²) in [5.41, 5.74) is 0.211. The monoisotopic (exact) mass is 546 g/mol. The molecule has 200 valence electrons. The highest BCUT2D eigenvalue weighted by molar-refractivity contribution is 7.91. The Kier molecular flexibility index (Phi) is 7.33. The van der Waals surface area contributed by atoms with Crippen molar-refractivity contribution >= 4 is 27.3 Å². The predicted octanol–water partition coefficient (Wildman–Crippen LogP) is 5.04. The number of aromatic nitrogens is 1. The molecule has 1 aliphatic rings.